The molecular weight excluding hydrogens is 384 g/mol. The van der Waals surface area contributed by atoms with Gasteiger partial charge in [0, 0.05) is 29.8 Å². The van der Waals surface area contributed by atoms with E-state index in [1.165, 1.54) is 47.3 Å². The number of hydrogen-bond donors (Lipinski definition) is 0. The highest BCUT2D eigenvalue weighted by molar-refractivity contribution is 5.79. The lowest BCUT2D eigenvalue weighted by molar-refractivity contribution is -0.385. The smallest absolute Gasteiger partial charge is 0.270 e. The molecule has 0 fully saturated rings. The fourth-order valence-corrected chi connectivity index (χ4v) is 2.68. The van der Waals surface area contributed by atoms with E-state index in [1.54, 1.807) is 0 Å². The average molecular weight is 394 g/mol. The molecule has 29 heavy (non-hydrogen) atoms. The third-order valence-corrected chi connectivity index (χ3v) is 4.12. The second kappa shape index (κ2) is 6.92. The summed E-state index contributed by atoms with van der Waals surface area (Å²) in [6, 6.07) is 9.40. The number of nitrogens with zero attached hydrogens (tertiary/aromatic N) is 6. The van der Waals surface area contributed by atoms with E-state index < -0.39 is 15.4 Å². The Morgan fingerprint density at radius 3 is 2.34 bits per heavy atom. The molecule has 0 aliphatic rings. The first-order valence-electron chi connectivity index (χ1n) is 8.13. The predicted molar refractivity (Wildman–Crippen MR) is 98.1 cm³/mol. The summed E-state index contributed by atoms with van der Waals surface area (Å²) in [5.74, 6) is 0.236. The van der Waals surface area contributed by atoms with Gasteiger partial charge in [0.25, 0.3) is 16.9 Å². The topological polar surface area (TPSA) is 160 Å². The minimum absolute atomic E-state index is 0.0728. The van der Waals surface area contributed by atoms with E-state index in [9.17, 15) is 25.0 Å². The van der Waals surface area contributed by atoms with Crippen molar-refractivity contribution >= 4 is 22.3 Å². The van der Waals surface area contributed by atoms with Crippen LogP contribution in [0.4, 0.5) is 11.4 Å². The molecule has 144 valence electrons. The summed E-state index contributed by atoms with van der Waals surface area (Å²) in [5, 5.41) is 29.5. The molecule has 0 radical (unpaired) electrons. The fraction of sp³-hybridized carbons (Fsp3) is 0.0588. The van der Waals surface area contributed by atoms with Crippen LogP contribution in [0.2, 0.25) is 0 Å². The molecule has 0 aliphatic carbocycles. The molecule has 12 nitrogen and oxygen atoms in total. The van der Waals surface area contributed by atoms with Gasteiger partial charge in [-0.15, -0.1) is 10.2 Å². The van der Waals surface area contributed by atoms with Gasteiger partial charge < -0.3 is 4.42 Å². The molecule has 0 atom stereocenters. The summed E-state index contributed by atoms with van der Waals surface area (Å²) in [5.41, 5.74) is 0.0282. The first kappa shape index (κ1) is 17.9. The molecule has 0 amide bonds. The number of aromatic nitrogens is 4. The van der Waals surface area contributed by atoms with Gasteiger partial charge in [0.2, 0.25) is 11.8 Å². The number of nitro groups is 2. The summed E-state index contributed by atoms with van der Waals surface area (Å²) in [7, 11) is 0. The maximum absolute atomic E-state index is 12.6. The van der Waals surface area contributed by atoms with Crippen LogP contribution in [-0.2, 0) is 6.54 Å². The molecule has 0 bridgehead atoms. The van der Waals surface area contributed by atoms with Crippen LogP contribution >= 0.6 is 0 Å². The van der Waals surface area contributed by atoms with Crippen molar-refractivity contribution in [1.82, 2.24) is 19.7 Å². The van der Waals surface area contributed by atoms with E-state index in [1.807, 2.05) is 0 Å². The monoisotopic (exact) mass is 394 g/mol. The summed E-state index contributed by atoms with van der Waals surface area (Å²) in [4.78, 5) is 37.3. The van der Waals surface area contributed by atoms with E-state index in [-0.39, 0.29) is 35.1 Å². The first-order valence-corrected chi connectivity index (χ1v) is 8.13. The van der Waals surface area contributed by atoms with E-state index in [2.05, 4.69) is 15.2 Å². The molecular formula is C17H10N6O6. The van der Waals surface area contributed by atoms with Gasteiger partial charge >= 0.3 is 0 Å². The van der Waals surface area contributed by atoms with Gasteiger partial charge in [0.1, 0.15) is 6.54 Å². The molecule has 0 saturated heterocycles. The summed E-state index contributed by atoms with van der Waals surface area (Å²) < 4.78 is 6.71. The van der Waals surface area contributed by atoms with Crippen molar-refractivity contribution in [3.05, 3.63) is 85.3 Å². The first-order chi connectivity index (χ1) is 13.9. The fourth-order valence-electron chi connectivity index (χ4n) is 2.68. The van der Waals surface area contributed by atoms with Crippen LogP contribution in [-0.4, -0.2) is 29.6 Å². The Morgan fingerprint density at radius 1 is 0.966 bits per heavy atom. The molecule has 2 aromatic heterocycles. The molecule has 0 N–H and O–H groups in total. The van der Waals surface area contributed by atoms with E-state index in [0.717, 1.165) is 6.07 Å². The molecule has 0 spiro atoms. The molecule has 4 rings (SSSR count). The van der Waals surface area contributed by atoms with Crippen molar-refractivity contribution in [1.29, 1.82) is 0 Å². The lowest BCUT2D eigenvalue weighted by Crippen LogP contribution is -2.21. The predicted octanol–water partition coefficient (Wildman–Crippen LogP) is 2.31. The van der Waals surface area contributed by atoms with Gasteiger partial charge in [-0.25, -0.2) is 4.98 Å². The lowest BCUT2D eigenvalue weighted by atomic mass is 10.2. The van der Waals surface area contributed by atoms with E-state index in [0.29, 0.717) is 11.1 Å². The van der Waals surface area contributed by atoms with Crippen molar-refractivity contribution in [2.45, 2.75) is 6.54 Å². The Morgan fingerprint density at radius 2 is 1.66 bits per heavy atom. The highest BCUT2D eigenvalue weighted by Gasteiger charge is 2.14. The number of benzene rings is 2. The van der Waals surface area contributed by atoms with Gasteiger partial charge in [-0.3, -0.25) is 29.6 Å². The number of fused-ring (bicyclic) bond motifs is 1. The van der Waals surface area contributed by atoms with Crippen LogP contribution in [0.3, 0.4) is 0 Å². The SMILES string of the molecule is O=c1c2cc([N+](=O)[O-])ccc2ncn1Cc1nnc(-c2ccc([N+](=O)[O-])cc2)o1. The average Bonchev–Trinajstić information content (AvgIpc) is 3.18. The molecule has 2 aromatic carbocycles. The quantitative estimate of drug-likeness (QED) is 0.365. The molecule has 0 unspecified atom stereocenters. The zero-order valence-electron chi connectivity index (χ0n) is 14.5. The van der Waals surface area contributed by atoms with Crippen molar-refractivity contribution in [3.8, 4) is 11.5 Å². The second-order valence-electron chi connectivity index (χ2n) is 5.94. The molecule has 12 heteroatoms. The standard InChI is InChI=1S/C17H10N6O6/c24-17-13-7-12(23(27)28)5-6-14(13)18-9-21(17)8-15-19-20-16(29-15)10-1-3-11(4-2-10)22(25)26/h1-7,9H,8H2. The molecule has 0 saturated carbocycles. The van der Waals surface area contributed by atoms with Gasteiger partial charge in [-0.05, 0) is 18.2 Å². The largest absolute Gasteiger partial charge is 0.419 e. The zero-order chi connectivity index (χ0) is 20.5. The van der Waals surface area contributed by atoms with Crippen LogP contribution in [0.5, 0.6) is 0 Å². The third kappa shape index (κ3) is 3.41. The van der Waals surface area contributed by atoms with Crippen LogP contribution in [0, 0.1) is 20.2 Å². The van der Waals surface area contributed by atoms with Crippen molar-refractivity contribution in [3.63, 3.8) is 0 Å². The number of rotatable bonds is 5. The van der Waals surface area contributed by atoms with Crippen LogP contribution in [0.25, 0.3) is 22.4 Å². The number of nitro benzene ring substituents is 2. The number of non-ortho nitro benzene ring substituents is 2. The Hall–Kier alpha value is -4.48. The van der Waals surface area contributed by atoms with Gasteiger partial charge in [0.05, 0.1) is 27.1 Å². The van der Waals surface area contributed by atoms with Crippen LogP contribution in [0.15, 0.2) is 58.0 Å². The normalized spacial score (nSPS) is 10.9. The highest BCUT2D eigenvalue weighted by atomic mass is 16.6. The summed E-state index contributed by atoms with van der Waals surface area (Å²) >= 11 is 0. The highest BCUT2D eigenvalue weighted by Crippen LogP contribution is 2.21. The molecule has 0 aliphatic heterocycles. The van der Waals surface area contributed by atoms with Gasteiger partial charge in [0.15, 0.2) is 0 Å². The van der Waals surface area contributed by atoms with Crippen LogP contribution < -0.4 is 5.56 Å². The molecule has 2 heterocycles. The summed E-state index contributed by atoms with van der Waals surface area (Å²) in [6.07, 6.45) is 1.28. The van der Waals surface area contributed by atoms with Crippen molar-refractivity contribution < 1.29 is 14.3 Å². The van der Waals surface area contributed by atoms with Crippen molar-refractivity contribution in [2.24, 2.45) is 0 Å². The minimum atomic E-state index is -0.593. The molecule has 4 aromatic rings. The van der Waals surface area contributed by atoms with Gasteiger partial charge in [-0.1, -0.05) is 0 Å². The summed E-state index contributed by atoms with van der Waals surface area (Å²) in [6.45, 7) is -0.0928. The van der Waals surface area contributed by atoms with Gasteiger partial charge in [-0.2, -0.15) is 0 Å². The Bertz CT molecular complexity index is 1310. The maximum Gasteiger partial charge on any atom is 0.270 e. The van der Waals surface area contributed by atoms with E-state index in [4.69, 9.17) is 4.42 Å². The van der Waals surface area contributed by atoms with E-state index >= 15 is 0 Å². The Balaban J connectivity index is 1.64. The maximum atomic E-state index is 12.6. The number of hydrogen-bond acceptors (Lipinski definition) is 9. The van der Waals surface area contributed by atoms with Crippen LogP contribution in [0.1, 0.15) is 5.89 Å². The second-order valence-corrected chi connectivity index (χ2v) is 5.94. The third-order valence-electron chi connectivity index (χ3n) is 4.12. The Labute approximate surface area is 160 Å². The van der Waals surface area contributed by atoms with Crippen molar-refractivity contribution in [2.75, 3.05) is 0 Å². The zero-order valence-corrected chi connectivity index (χ0v) is 14.5. The minimum Gasteiger partial charge on any atom is -0.419 e. The Kier molecular flexibility index (Phi) is 4.27. The lowest BCUT2D eigenvalue weighted by Gasteiger charge is -2.03.